The average Bonchev–Trinajstić information content (AvgIpc) is 3.28. The highest BCUT2D eigenvalue weighted by atomic mass is 16.5. The van der Waals surface area contributed by atoms with Crippen LogP contribution in [0.25, 0.3) is 0 Å². The van der Waals surface area contributed by atoms with Crippen LogP contribution in [0.3, 0.4) is 0 Å². The summed E-state index contributed by atoms with van der Waals surface area (Å²) < 4.78 is 5.28. The molecule has 0 unspecified atom stereocenters. The van der Waals surface area contributed by atoms with Crippen molar-refractivity contribution in [2.75, 3.05) is 45.9 Å². The Hall–Kier alpha value is -1.65. The average molecular weight is 295 g/mol. The number of nitrogens with zero attached hydrogens (tertiary/aromatic N) is 3. The maximum absolute atomic E-state index is 12.3. The third-order valence-electron chi connectivity index (χ3n) is 4.02. The summed E-state index contributed by atoms with van der Waals surface area (Å²) in [5.74, 6) is -1.95. The number of carbonyl (C=O) groups is 2. The fourth-order valence-corrected chi connectivity index (χ4v) is 2.58. The Morgan fingerprint density at radius 1 is 1.29 bits per heavy atom. The highest BCUT2D eigenvalue weighted by Gasteiger charge is 2.49. The zero-order chi connectivity index (χ0) is 15.2. The first-order valence-electron chi connectivity index (χ1n) is 7.32. The summed E-state index contributed by atoms with van der Waals surface area (Å²) in [5.41, 5.74) is 0. The molecule has 1 saturated heterocycles. The van der Waals surface area contributed by atoms with Crippen LogP contribution in [0.4, 0.5) is 0 Å². The van der Waals surface area contributed by atoms with Gasteiger partial charge in [-0.2, -0.15) is 5.26 Å². The topological polar surface area (TPSA) is 93.9 Å². The van der Waals surface area contributed by atoms with Gasteiger partial charge in [-0.15, -0.1) is 0 Å². The second kappa shape index (κ2) is 7.38. The summed E-state index contributed by atoms with van der Waals surface area (Å²) in [6.45, 7) is 4.77. The molecule has 2 aliphatic rings. The van der Waals surface area contributed by atoms with Gasteiger partial charge in [0.2, 0.25) is 5.91 Å². The summed E-state index contributed by atoms with van der Waals surface area (Å²) in [7, 11) is 0. The molecule has 1 aliphatic carbocycles. The Kier molecular flexibility index (Phi) is 5.53. The predicted octanol–water partition coefficient (Wildman–Crippen LogP) is -0.218. The first-order chi connectivity index (χ1) is 10.1. The van der Waals surface area contributed by atoms with E-state index < -0.39 is 17.8 Å². The number of ether oxygens (including phenoxy) is 1. The first kappa shape index (κ1) is 15.7. The number of hydrogen-bond acceptors (Lipinski definition) is 5. The van der Waals surface area contributed by atoms with Crippen molar-refractivity contribution in [3.05, 3.63) is 0 Å². The number of carboxylic acid groups (broad SMARTS) is 1. The smallest absolute Gasteiger partial charge is 0.307 e. The fraction of sp³-hybridized carbons (Fsp3) is 0.786. The van der Waals surface area contributed by atoms with E-state index in [9.17, 15) is 9.59 Å². The van der Waals surface area contributed by atoms with Crippen LogP contribution in [0.2, 0.25) is 0 Å². The molecule has 0 spiro atoms. The molecule has 1 N–H and O–H groups in total. The lowest BCUT2D eigenvalue weighted by Gasteiger charge is -2.30. The number of carbonyl (C=O) groups excluding carboxylic acids is 1. The Morgan fingerprint density at radius 3 is 2.57 bits per heavy atom. The van der Waals surface area contributed by atoms with Crippen molar-refractivity contribution >= 4 is 11.9 Å². The van der Waals surface area contributed by atoms with Crippen LogP contribution in [0.1, 0.15) is 12.8 Å². The molecule has 21 heavy (non-hydrogen) atoms. The molecule has 7 nitrogen and oxygen atoms in total. The SMILES string of the molecule is N#CCCN(CCN1CCOCC1)C(=O)[C@@H]1C[C@@H]1C(=O)O. The molecule has 0 aromatic rings. The number of morpholine rings is 1. The summed E-state index contributed by atoms with van der Waals surface area (Å²) in [5, 5.41) is 17.6. The number of aliphatic carboxylic acids is 1. The van der Waals surface area contributed by atoms with Crippen molar-refractivity contribution in [1.82, 2.24) is 9.80 Å². The maximum Gasteiger partial charge on any atom is 0.307 e. The second-order valence-electron chi connectivity index (χ2n) is 5.47. The normalized spacial score (nSPS) is 25.1. The molecule has 0 bridgehead atoms. The minimum atomic E-state index is -0.901. The molecule has 1 saturated carbocycles. The molecule has 2 rings (SSSR count). The third kappa shape index (κ3) is 4.41. The predicted molar refractivity (Wildman–Crippen MR) is 73.3 cm³/mol. The van der Waals surface area contributed by atoms with E-state index in [0.717, 1.165) is 19.6 Å². The van der Waals surface area contributed by atoms with E-state index in [1.165, 1.54) is 0 Å². The Bertz CT molecular complexity index is 428. The monoisotopic (exact) mass is 295 g/mol. The molecule has 1 aliphatic heterocycles. The van der Waals surface area contributed by atoms with Crippen LogP contribution < -0.4 is 0 Å². The molecular formula is C14H21N3O4. The molecule has 0 radical (unpaired) electrons. The number of rotatable bonds is 7. The molecule has 0 aromatic carbocycles. The van der Waals surface area contributed by atoms with Crippen molar-refractivity contribution in [3.8, 4) is 6.07 Å². The van der Waals surface area contributed by atoms with Crippen LogP contribution in [0.15, 0.2) is 0 Å². The fourth-order valence-electron chi connectivity index (χ4n) is 2.58. The van der Waals surface area contributed by atoms with Crippen LogP contribution in [0, 0.1) is 23.2 Å². The minimum Gasteiger partial charge on any atom is -0.481 e. The van der Waals surface area contributed by atoms with Gasteiger partial charge in [0.25, 0.3) is 0 Å². The Balaban J connectivity index is 1.83. The van der Waals surface area contributed by atoms with E-state index in [4.69, 9.17) is 15.1 Å². The molecule has 0 aromatic heterocycles. The Morgan fingerprint density at radius 2 is 2.00 bits per heavy atom. The lowest BCUT2D eigenvalue weighted by atomic mass is 10.2. The second-order valence-corrected chi connectivity index (χ2v) is 5.47. The van der Waals surface area contributed by atoms with Crippen molar-refractivity contribution in [1.29, 1.82) is 5.26 Å². The van der Waals surface area contributed by atoms with Gasteiger partial charge in [0.15, 0.2) is 0 Å². The van der Waals surface area contributed by atoms with Crippen LogP contribution in [-0.2, 0) is 14.3 Å². The van der Waals surface area contributed by atoms with Crippen LogP contribution in [-0.4, -0.2) is 72.7 Å². The van der Waals surface area contributed by atoms with Crippen LogP contribution >= 0.6 is 0 Å². The largest absolute Gasteiger partial charge is 0.481 e. The van der Waals surface area contributed by atoms with Gasteiger partial charge in [-0.05, 0) is 6.42 Å². The number of amides is 1. The van der Waals surface area contributed by atoms with Crippen molar-refractivity contribution in [2.45, 2.75) is 12.8 Å². The molecule has 116 valence electrons. The van der Waals surface area contributed by atoms with Gasteiger partial charge in [0.1, 0.15) is 0 Å². The van der Waals surface area contributed by atoms with Gasteiger partial charge in [0.05, 0.1) is 37.5 Å². The standard InChI is InChI=1S/C14H21N3O4/c15-2-1-3-17(5-4-16-6-8-21-9-7-16)13(18)11-10-12(11)14(19)20/h11-12H,1,3-10H2,(H,19,20)/t11-,12+/m1/s1. The van der Waals surface area contributed by atoms with Crippen molar-refractivity contribution < 1.29 is 19.4 Å². The van der Waals surface area contributed by atoms with E-state index in [1.807, 2.05) is 6.07 Å². The summed E-state index contributed by atoms with van der Waals surface area (Å²) in [6, 6.07) is 2.04. The third-order valence-corrected chi connectivity index (χ3v) is 4.02. The van der Waals surface area contributed by atoms with Crippen LogP contribution in [0.5, 0.6) is 0 Å². The molecule has 2 atom stereocenters. The zero-order valence-corrected chi connectivity index (χ0v) is 12.0. The van der Waals surface area contributed by atoms with Gasteiger partial charge in [-0.1, -0.05) is 0 Å². The lowest BCUT2D eigenvalue weighted by Crippen LogP contribution is -2.44. The van der Waals surface area contributed by atoms with E-state index in [0.29, 0.717) is 32.7 Å². The molecular weight excluding hydrogens is 274 g/mol. The number of nitriles is 1. The molecule has 7 heteroatoms. The quantitative estimate of drug-likeness (QED) is 0.698. The summed E-state index contributed by atoms with van der Waals surface area (Å²) >= 11 is 0. The summed E-state index contributed by atoms with van der Waals surface area (Å²) in [4.78, 5) is 27.0. The lowest BCUT2D eigenvalue weighted by molar-refractivity contribution is -0.142. The zero-order valence-electron chi connectivity index (χ0n) is 12.0. The first-order valence-corrected chi connectivity index (χ1v) is 7.32. The number of hydrogen-bond donors (Lipinski definition) is 1. The maximum atomic E-state index is 12.3. The summed E-state index contributed by atoms with van der Waals surface area (Å²) in [6.07, 6.45) is 0.702. The van der Waals surface area contributed by atoms with Crippen molar-refractivity contribution in [2.24, 2.45) is 11.8 Å². The van der Waals surface area contributed by atoms with Gasteiger partial charge < -0.3 is 14.7 Å². The van der Waals surface area contributed by atoms with E-state index in [1.54, 1.807) is 4.90 Å². The van der Waals surface area contributed by atoms with Crippen molar-refractivity contribution in [3.63, 3.8) is 0 Å². The van der Waals surface area contributed by atoms with Gasteiger partial charge in [0, 0.05) is 32.7 Å². The number of carboxylic acids is 1. The highest BCUT2D eigenvalue weighted by Crippen LogP contribution is 2.40. The van der Waals surface area contributed by atoms with Gasteiger partial charge >= 0.3 is 5.97 Å². The van der Waals surface area contributed by atoms with Gasteiger partial charge in [-0.25, -0.2) is 0 Å². The highest BCUT2D eigenvalue weighted by molar-refractivity contribution is 5.89. The van der Waals surface area contributed by atoms with E-state index in [2.05, 4.69) is 4.90 Å². The molecule has 2 fully saturated rings. The molecule has 1 heterocycles. The van der Waals surface area contributed by atoms with Gasteiger partial charge in [-0.3, -0.25) is 14.5 Å². The Labute approximate surface area is 124 Å². The van der Waals surface area contributed by atoms with E-state index in [-0.39, 0.29) is 12.3 Å². The van der Waals surface area contributed by atoms with E-state index >= 15 is 0 Å². The molecule has 1 amide bonds. The minimum absolute atomic E-state index is 0.120.